The molecule has 0 atom stereocenters. The van der Waals surface area contributed by atoms with Crippen molar-refractivity contribution in [1.29, 1.82) is 0 Å². The molecule has 0 unspecified atom stereocenters. The van der Waals surface area contributed by atoms with Crippen LogP contribution in [0.2, 0.25) is 0 Å². The van der Waals surface area contributed by atoms with Gasteiger partial charge >= 0.3 is 51.4 Å². The van der Waals surface area contributed by atoms with Crippen LogP contribution < -0.4 is 51.4 Å². The first-order valence-corrected chi connectivity index (χ1v) is 3.68. The largest absolute Gasteiger partial charge is 1.00 e. The molecule has 0 aliphatic rings. The van der Waals surface area contributed by atoms with E-state index in [4.69, 9.17) is 0 Å². The summed E-state index contributed by atoms with van der Waals surface area (Å²) in [5.74, 6) is -0.337. The average molecular weight is 174 g/mol. The van der Waals surface area contributed by atoms with Crippen molar-refractivity contribution in [2.45, 2.75) is 6.42 Å². The zero-order valence-corrected chi connectivity index (χ0v) is 9.27. The second-order valence-corrected chi connectivity index (χ2v) is 2.86. The summed E-state index contributed by atoms with van der Waals surface area (Å²) in [7, 11) is -4.01. The Hall–Kier alpha value is 1.29. The molecular weight excluding hydrogens is 167 g/mol. The molecule has 0 fully saturated rings. The Balaban J connectivity index is 0. The smallest absolute Gasteiger partial charge is 0.748 e. The molecule has 0 spiro atoms. The first-order chi connectivity index (χ1) is 3.56. The molecule has 48 valence electrons. The third-order valence-electron chi connectivity index (χ3n) is 0.572. The van der Waals surface area contributed by atoms with Crippen molar-refractivity contribution in [2.75, 3.05) is 5.75 Å². The molecule has 0 radical (unpaired) electrons. The molecular formula is C4H7KO3S. The van der Waals surface area contributed by atoms with Crippen LogP contribution in [-0.4, -0.2) is 18.7 Å². The molecule has 0 saturated carbocycles. The number of hydrogen-bond acceptors (Lipinski definition) is 3. The minimum Gasteiger partial charge on any atom is -0.748 e. The van der Waals surface area contributed by atoms with Crippen molar-refractivity contribution in [3.8, 4) is 0 Å². The molecule has 0 aliphatic carbocycles. The van der Waals surface area contributed by atoms with Gasteiger partial charge in [-0.15, -0.1) is 6.58 Å². The van der Waals surface area contributed by atoms with Crippen LogP contribution in [-0.2, 0) is 10.1 Å². The summed E-state index contributed by atoms with van der Waals surface area (Å²) in [5, 5.41) is 0. The molecule has 0 aromatic rings. The van der Waals surface area contributed by atoms with E-state index in [-0.39, 0.29) is 63.6 Å². The van der Waals surface area contributed by atoms with Crippen LogP contribution in [0.1, 0.15) is 6.42 Å². The zero-order chi connectivity index (χ0) is 6.62. The predicted molar refractivity (Wildman–Crippen MR) is 29.4 cm³/mol. The number of allylic oxidation sites excluding steroid dienone is 1. The maximum absolute atomic E-state index is 9.79. The van der Waals surface area contributed by atoms with Gasteiger partial charge in [-0.1, -0.05) is 6.08 Å². The Bertz CT molecular complexity index is 161. The maximum atomic E-state index is 9.79. The van der Waals surface area contributed by atoms with Gasteiger partial charge in [0, 0.05) is 5.75 Å². The van der Waals surface area contributed by atoms with Gasteiger partial charge in [0.2, 0.25) is 0 Å². The van der Waals surface area contributed by atoms with E-state index in [0.29, 0.717) is 0 Å². The molecule has 0 heterocycles. The monoisotopic (exact) mass is 174 g/mol. The van der Waals surface area contributed by atoms with Gasteiger partial charge in [0.05, 0.1) is 10.1 Å². The molecule has 0 aromatic carbocycles. The van der Waals surface area contributed by atoms with Crippen molar-refractivity contribution in [3.63, 3.8) is 0 Å². The van der Waals surface area contributed by atoms with Crippen LogP contribution in [0.5, 0.6) is 0 Å². The van der Waals surface area contributed by atoms with Gasteiger partial charge < -0.3 is 4.55 Å². The fourth-order valence-electron chi connectivity index (χ4n) is 0.228. The predicted octanol–water partition coefficient (Wildman–Crippen LogP) is -2.89. The standard InChI is InChI=1S/C4H8O3S.K/c1-2-3-4-8(5,6)7;/h2H,1,3-4H2,(H,5,6,7);/q;+1/p-1. The van der Waals surface area contributed by atoms with Crippen LogP contribution in [0.4, 0.5) is 0 Å². The van der Waals surface area contributed by atoms with Crippen molar-refractivity contribution in [3.05, 3.63) is 12.7 Å². The second kappa shape index (κ2) is 6.03. The van der Waals surface area contributed by atoms with E-state index in [9.17, 15) is 13.0 Å². The minimum absolute atomic E-state index is 0. The molecule has 0 aromatic heterocycles. The fraction of sp³-hybridized carbons (Fsp3) is 0.500. The van der Waals surface area contributed by atoms with Gasteiger partial charge in [-0.3, -0.25) is 0 Å². The van der Waals surface area contributed by atoms with Crippen molar-refractivity contribution in [2.24, 2.45) is 0 Å². The third-order valence-corrected chi connectivity index (χ3v) is 1.31. The summed E-state index contributed by atoms with van der Waals surface area (Å²) in [6, 6.07) is 0. The Kier molecular flexibility index (Phi) is 8.65. The normalized spacial score (nSPS) is 9.89. The Labute approximate surface area is 97.7 Å². The summed E-state index contributed by atoms with van der Waals surface area (Å²) >= 11 is 0. The summed E-state index contributed by atoms with van der Waals surface area (Å²) in [5.41, 5.74) is 0. The summed E-state index contributed by atoms with van der Waals surface area (Å²) < 4.78 is 29.4. The van der Waals surface area contributed by atoms with Gasteiger partial charge in [0.25, 0.3) is 0 Å². The molecule has 0 N–H and O–H groups in total. The van der Waals surface area contributed by atoms with Crippen LogP contribution in [0.25, 0.3) is 0 Å². The third kappa shape index (κ3) is 12.5. The van der Waals surface area contributed by atoms with Gasteiger partial charge in [-0.25, -0.2) is 8.42 Å². The molecule has 3 nitrogen and oxygen atoms in total. The summed E-state index contributed by atoms with van der Waals surface area (Å²) in [4.78, 5) is 0. The molecule has 0 bridgehead atoms. The Morgan fingerprint density at radius 1 is 1.56 bits per heavy atom. The molecule has 0 saturated heterocycles. The molecule has 9 heavy (non-hydrogen) atoms. The van der Waals surface area contributed by atoms with Crippen molar-refractivity contribution >= 4 is 10.1 Å². The van der Waals surface area contributed by atoms with E-state index in [0.717, 1.165) is 0 Å². The molecule has 5 heteroatoms. The van der Waals surface area contributed by atoms with Crippen LogP contribution in [0.3, 0.4) is 0 Å². The van der Waals surface area contributed by atoms with E-state index in [1.54, 1.807) is 0 Å². The number of hydrogen-bond donors (Lipinski definition) is 0. The molecule has 0 rings (SSSR count). The minimum atomic E-state index is -4.01. The van der Waals surface area contributed by atoms with E-state index in [2.05, 4.69) is 6.58 Å². The van der Waals surface area contributed by atoms with Gasteiger partial charge in [0.15, 0.2) is 0 Å². The topological polar surface area (TPSA) is 57.2 Å². The first-order valence-electron chi connectivity index (χ1n) is 2.11. The maximum Gasteiger partial charge on any atom is 1.00 e. The SMILES string of the molecule is C=CCCS(=O)(=O)[O-].[K+]. The van der Waals surface area contributed by atoms with Crippen LogP contribution >= 0.6 is 0 Å². The van der Waals surface area contributed by atoms with Gasteiger partial charge in [0.1, 0.15) is 0 Å². The van der Waals surface area contributed by atoms with Gasteiger partial charge in [-0.2, -0.15) is 0 Å². The summed E-state index contributed by atoms with van der Waals surface area (Å²) in [6.07, 6.45) is 1.64. The van der Waals surface area contributed by atoms with Crippen molar-refractivity contribution < 1.29 is 64.4 Å². The van der Waals surface area contributed by atoms with E-state index in [1.807, 2.05) is 0 Å². The second-order valence-electron chi connectivity index (χ2n) is 1.34. The fourth-order valence-corrected chi connectivity index (χ4v) is 0.683. The van der Waals surface area contributed by atoms with E-state index >= 15 is 0 Å². The molecule has 0 aliphatic heterocycles. The average Bonchev–Trinajstić information content (AvgIpc) is 1.59. The molecule has 0 amide bonds. The summed E-state index contributed by atoms with van der Waals surface area (Å²) in [6.45, 7) is 3.26. The van der Waals surface area contributed by atoms with Gasteiger partial charge in [-0.05, 0) is 6.42 Å². The van der Waals surface area contributed by atoms with Crippen molar-refractivity contribution in [1.82, 2.24) is 0 Å². The quantitative estimate of drug-likeness (QED) is 0.262. The first kappa shape index (κ1) is 12.9. The number of rotatable bonds is 3. The zero-order valence-electron chi connectivity index (χ0n) is 5.33. The van der Waals surface area contributed by atoms with E-state index < -0.39 is 10.1 Å². The Morgan fingerprint density at radius 3 is 2.11 bits per heavy atom. The van der Waals surface area contributed by atoms with Crippen LogP contribution in [0, 0.1) is 0 Å². The van der Waals surface area contributed by atoms with Crippen LogP contribution in [0.15, 0.2) is 12.7 Å². The Morgan fingerprint density at radius 2 is 2.00 bits per heavy atom. The van der Waals surface area contributed by atoms with E-state index in [1.165, 1.54) is 6.08 Å².